The van der Waals surface area contributed by atoms with E-state index >= 15 is 0 Å². The summed E-state index contributed by atoms with van der Waals surface area (Å²) in [5.41, 5.74) is 0.0132. The van der Waals surface area contributed by atoms with E-state index in [4.69, 9.17) is 0 Å². The molecule has 4 heteroatoms. The Morgan fingerprint density at radius 3 is 2.45 bits per heavy atom. The zero-order valence-corrected chi connectivity index (χ0v) is 12.1. The van der Waals surface area contributed by atoms with Crippen molar-refractivity contribution in [1.82, 2.24) is 5.32 Å². The molecule has 2 rings (SSSR count). The summed E-state index contributed by atoms with van der Waals surface area (Å²) in [6.07, 6.45) is 6.21. The highest BCUT2D eigenvalue weighted by atomic mass is 16.3. The Kier molecular flexibility index (Phi) is 4.89. The number of rotatable bonds is 4. The van der Waals surface area contributed by atoms with Crippen molar-refractivity contribution in [1.29, 1.82) is 0 Å². The van der Waals surface area contributed by atoms with Crippen molar-refractivity contribution in [2.75, 3.05) is 6.54 Å². The van der Waals surface area contributed by atoms with Gasteiger partial charge in [-0.25, -0.2) is 0 Å². The highest BCUT2D eigenvalue weighted by Gasteiger charge is 2.28. The smallest absolute Gasteiger partial charge is 0.120 e. The molecule has 0 heterocycles. The van der Waals surface area contributed by atoms with Crippen molar-refractivity contribution in [3.05, 3.63) is 23.8 Å². The Bertz CT molecular complexity index is 439. The largest absolute Gasteiger partial charge is 0.508 e. The van der Waals surface area contributed by atoms with Gasteiger partial charge in [-0.15, -0.1) is 0 Å². The third-order valence-electron chi connectivity index (χ3n) is 4.25. The van der Waals surface area contributed by atoms with E-state index in [9.17, 15) is 15.3 Å². The monoisotopic (exact) mass is 279 g/mol. The van der Waals surface area contributed by atoms with Gasteiger partial charge in [-0.2, -0.15) is 0 Å². The van der Waals surface area contributed by atoms with Crippen molar-refractivity contribution >= 4 is 0 Å². The second-order valence-electron chi connectivity index (χ2n) is 5.98. The molecule has 0 radical (unpaired) electrons. The van der Waals surface area contributed by atoms with Gasteiger partial charge in [0, 0.05) is 18.2 Å². The standard InChI is InChI=1S/C16H25NO3/c1-12(14-10-13(18)6-7-15(14)19)17-11-16(20)8-4-2-3-5-9-16/h6-7,10,12,17-20H,2-5,8-9,11H2,1H3. The van der Waals surface area contributed by atoms with Crippen molar-refractivity contribution in [2.24, 2.45) is 0 Å². The molecule has 0 bridgehead atoms. The van der Waals surface area contributed by atoms with Crippen LogP contribution in [0.2, 0.25) is 0 Å². The summed E-state index contributed by atoms with van der Waals surface area (Å²) >= 11 is 0. The van der Waals surface area contributed by atoms with E-state index in [2.05, 4.69) is 5.32 Å². The van der Waals surface area contributed by atoms with Crippen molar-refractivity contribution < 1.29 is 15.3 Å². The fourth-order valence-electron chi connectivity index (χ4n) is 2.91. The molecule has 1 aliphatic carbocycles. The van der Waals surface area contributed by atoms with E-state index < -0.39 is 5.60 Å². The van der Waals surface area contributed by atoms with Gasteiger partial charge in [0.25, 0.3) is 0 Å². The minimum atomic E-state index is -0.642. The number of aliphatic hydroxyl groups is 1. The maximum atomic E-state index is 10.6. The molecule has 20 heavy (non-hydrogen) atoms. The predicted octanol–water partition coefficient (Wildman–Crippen LogP) is 2.83. The molecule has 0 spiro atoms. The van der Waals surface area contributed by atoms with Gasteiger partial charge in [-0.05, 0) is 38.0 Å². The molecule has 4 N–H and O–H groups in total. The normalized spacial score (nSPS) is 20.3. The van der Waals surface area contributed by atoms with E-state index in [0.717, 1.165) is 25.7 Å². The molecule has 0 amide bonds. The third kappa shape index (κ3) is 3.87. The number of benzene rings is 1. The van der Waals surface area contributed by atoms with Crippen molar-refractivity contribution in [3.8, 4) is 11.5 Å². The first kappa shape index (κ1) is 15.1. The van der Waals surface area contributed by atoms with Crippen LogP contribution in [0.1, 0.15) is 57.1 Å². The predicted molar refractivity (Wildman–Crippen MR) is 78.8 cm³/mol. The van der Waals surface area contributed by atoms with Crippen LogP contribution in [0.25, 0.3) is 0 Å². The number of hydrogen-bond acceptors (Lipinski definition) is 4. The molecule has 1 unspecified atom stereocenters. The first-order chi connectivity index (χ1) is 9.50. The molecule has 1 aromatic rings. The third-order valence-corrected chi connectivity index (χ3v) is 4.25. The molecule has 1 atom stereocenters. The minimum absolute atomic E-state index is 0.116. The first-order valence-electron chi connectivity index (χ1n) is 7.48. The zero-order chi connectivity index (χ0) is 14.6. The summed E-state index contributed by atoms with van der Waals surface area (Å²) in [6, 6.07) is 4.40. The number of hydrogen-bond donors (Lipinski definition) is 4. The van der Waals surface area contributed by atoms with Gasteiger partial charge in [0.1, 0.15) is 11.5 Å². The summed E-state index contributed by atoms with van der Waals surface area (Å²) < 4.78 is 0. The van der Waals surface area contributed by atoms with Gasteiger partial charge in [-0.3, -0.25) is 0 Å². The molecule has 4 nitrogen and oxygen atoms in total. The second kappa shape index (κ2) is 6.46. The topological polar surface area (TPSA) is 72.7 Å². The Morgan fingerprint density at radius 2 is 1.80 bits per heavy atom. The number of aromatic hydroxyl groups is 2. The van der Waals surface area contributed by atoms with Crippen LogP contribution >= 0.6 is 0 Å². The van der Waals surface area contributed by atoms with Gasteiger partial charge < -0.3 is 20.6 Å². The molecule has 1 saturated carbocycles. The van der Waals surface area contributed by atoms with E-state index in [1.165, 1.54) is 25.0 Å². The molecule has 1 aliphatic rings. The van der Waals surface area contributed by atoms with Crippen LogP contribution in [0.5, 0.6) is 11.5 Å². The van der Waals surface area contributed by atoms with Gasteiger partial charge >= 0.3 is 0 Å². The van der Waals surface area contributed by atoms with E-state index in [1.54, 1.807) is 6.07 Å². The summed E-state index contributed by atoms with van der Waals surface area (Å²) in [5, 5.41) is 33.2. The molecule has 0 saturated heterocycles. The van der Waals surface area contributed by atoms with E-state index in [1.807, 2.05) is 6.92 Å². The molecule has 112 valence electrons. The lowest BCUT2D eigenvalue weighted by molar-refractivity contribution is 0.0231. The quantitative estimate of drug-likeness (QED) is 0.505. The van der Waals surface area contributed by atoms with Crippen LogP contribution in [-0.2, 0) is 0 Å². The Labute approximate surface area is 120 Å². The average molecular weight is 279 g/mol. The van der Waals surface area contributed by atoms with Crippen LogP contribution in [0.3, 0.4) is 0 Å². The molecule has 0 aliphatic heterocycles. The van der Waals surface area contributed by atoms with Gasteiger partial charge in [0.05, 0.1) is 5.60 Å². The van der Waals surface area contributed by atoms with Gasteiger partial charge in [0.15, 0.2) is 0 Å². The average Bonchev–Trinajstić information content (AvgIpc) is 2.64. The summed E-state index contributed by atoms with van der Waals surface area (Å²) in [6.45, 7) is 2.44. The highest BCUT2D eigenvalue weighted by molar-refractivity contribution is 5.40. The minimum Gasteiger partial charge on any atom is -0.508 e. The lowest BCUT2D eigenvalue weighted by Gasteiger charge is -2.29. The maximum Gasteiger partial charge on any atom is 0.120 e. The summed E-state index contributed by atoms with van der Waals surface area (Å²) in [7, 11) is 0. The van der Waals surface area contributed by atoms with Crippen molar-refractivity contribution in [3.63, 3.8) is 0 Å². The van der Waals surface area contributed by atoms with E-state index in [0.29, 0.717) is 12.1 Å². The summed E-state index contributed by atoms with van der Waals surface area (Å²) in [4.78, 5) is 0. The fourth-order valence-corrected chi connectivity index (χ4v) is 2.91. The van der Waals surface area contributed by atoms with Crippen molar-refractivity contribution in [2.45, 2.75) is 57.1 Å². The lowest BCUT2D eigenvalue weighted by atomic mass is 9.94. The van der Waals surface area contributed by atoms with Crippen LogP contribution in [-0.4, -0.2) is 27.5 Å². The van der Waals surface area contributed by atoms with Gasteiger partial charge in [0.2, 0.25) is 0 Å². The molecule has 0 aromatic heterocycles. The zero-order valence-electron chi connectivity index (χ0n) is 12.1. The highest BCUT2D eigenvalue weighted by Crippen LogP contribution is 2.30. The van der Waals surface area contributed by atoms with E-state index in [-0.39, 0.29) is 17.5 Å². The van der Waals surface area contributed by atoms with Crippen LogP contribution in [0.15, 0.2) is 18.2 Å². The van der Waals surface area contributed by atoms with Crippen LogP contribution in [0, 0.1) is 0 Å². The Hall–Kier alpha value is -1.26. The molecular weight excluding hydrogens is 254 g/mol. The Morgan fingerprint density at radius 1 is 1.15 bits per heavy atom. The summed E-state index contributed by atoms with van der Waals surface area (Å²) in [5.74, 6) is 0.301. The second-order valence-corrected chi connectivity index (χ2v) is 5.98. The molecule has 1 aromatic carbocycles. The van der Waals surface area contributed by atoms with Gasteiger partial charge in [-0.1, -0.05) is 25.7 Å². The molecular formula is C16H25NO3. The maximum absolute atomic E-state index is 10.6. The number of phenolic OH excluding ortho intramolecular Hbond substituents is 2. The Balaban J connectivity index is 1.97. The SMILES string of the molecule is CC(NCC1(O)CCCCCC1)c1cc(O)ccc1O. The van der Waals surface area contributed by atoms with Crippen LogP contribution in [0.4, 0.5) is 0 Å². The molecule has 1 fully saturated rings. The number of phenols is 2. The first-order valence-corrected chi connectivity index (χ1v) is 7.48. The number of nitrogens with one attached hydrogen (secondary N) is 1. The fraction of sp³-hybridized carbons (Fsp3) is 0.625. The lowest BCUT2D eigenvalue weighted by Crippen LogP contribution is -2.41. The van der Waals surface area contributed by atoms with Crippen LogP contribution < -0.4 is 5.32 Å².